The number of hydrogen-bond donors (Lipinski definition) is 0. The number of carbonyl (C=O) groups excluding carboxylic acids is 2. The molecule has 1 aliphatic rings. The predicted octanol–water partition coefficient (Wildman–Crippen LogP) is 3.72. The molecule has 0 spiro atoms. The lowest BCUT2D eigenvalue weighted by atomic mass is 10.0. The molecule has 0 atom stereocenters. The van der Waals surface area contributed by atoms with Crippen LogP contribution in [0, 0.1) is 0 Å². The van der Waals surface area contributed by atoms with Crippen molar-refractivity contribution in [1.29, 1.82) is 0 Å². The fraction of sp³-hybridized carbons (Fsp3) is 0.182. The van der Waals surface area contributed by atoms with E-state index in [9.17, 15) is 9.59 Å². The number of ether oxygens (including phenoxy) is 2. The minimum absolute atomic E-state index is 0.234. The molecule has 6 heteroatoms. The predicted molar refractivity (Wildman–Crippen MR) is 104 cm³/mol. The van der Waals surface area contributed by atoms with E-state index in [0.717, 1.165) is 5.56 Å². The summed E-state index contributed by atoms with van der Waals surface area (Å²) in [6.07, 6.45) is 4.86. The second-order valence-corrected chi connectivity index (χ2v) is 6.15. The molecule has 0 unspecified atom stereocenters. The van der Waals surface area contributed by atoms with Crippen LogP contribution in [-0.2, 0) is 20.9 Å². The van der Waals surface area contributed by atoms with Crippen LogP contribution in [0.4, 0.5) is 0 Å². The molecule has 1 aromatic carbocycles. The Balaban J connectivity index is 1.98. The van der Waals surface area contributed by atoms with Gasteiger partial charge in [0.1, 0.15) is 18.1 Å². The first-order valence-corrected chi connectivity index (χ1v) is 8.74. The lowest BCUT2D eigenvalue weighted by molar-refractivity contribution is -0.136. The van der Waals surface area contributed by atoms with Gasteiger partial charge < -0.3 is 18.8 Å². The highest BCUT2D eigenvalue weighted by Crippen LogP contribution is 2.33. The Morgan fingerprint density at radius 1 is 1.29 bits per heavy atom. The second-order valence-electron chi connectivity index (χ2n) is 6.15. The number of methoxy groups -OCH3 is 1. The van der Waals surface area contributed by atoms with Gasteiger partial charge >= 0.3 is 5.97 Å². The Labute approximate surface area is 163 Å². The van der Waals surface area contributed by atoms with Gasteiger partial charge in [0.25, 0.3) is 5.91 Å². The topological polar surface area (TPSA) is 69.0 Å². The highest BCUT2D eigenvalue weighted by Gasteiger charge is 2.37. The Kier molecular flexibility index (Phi) is 5.79. The van der Waals surface area contributed by atoms with E-state index in [-0.39, 0.29) is 23.6 Å². The number of nitrogens with zero attached hydrogens (tertiary/aromatic N) is 1. The smallest absolute Gasteiger partial charge is 0.340 e. The zero-order valence-electron chi connectivity index (χ0n) is 15.8. The minimum Gasteiger partial charge on any atom is -0.490 e. The Hall–Kier alpha value is -3.54. The molecule has 0 fully saturated rings. The summed E-state index contributed by atoms with van der Waals surface area (Å²) in [5.41, 5.74) is 1.78. The van der Waals surface area contributed by atoms with Crippen LogP contribution in [0.1, 0.15) is 18.2 Å². The Morgan fingerprint density at radius 3 is 2.79 bits per heavy atom. The van der Waals surface area contributed by atoms with E-state index < -0.39 is 5.97 Å². The van der Waals surface area contributed by atoms with Crippen LogP contribution >= 0.6 is 0 Å². The van der Waals surface area contributed by atoms with Gasteiger partial charge in [0.15, 0.2) is 0 Å². The molecule has 2 heterocycles. The normalized spacial score (nSPS) is 15.3. The van der Waals surface area contributed by atoms with E-state index in [0.29, 0.717) is 23.8 Å². The number of amides is 1. The largest absolute Gasteiger partial charge is 0.490 e. The summed E-state index contributed by atoms with van der Waals surface area (Å²) in [7, 11) is 1.30. The lowest BCUT2D eigenvalue weighted by Crippen LogP contribution is -2.24. The molecule has 6 nitrogen and oxygen atoms in total. The lowest BCUT2D eigenvalue weighted by Gasteiger charge is -2.16. The maximum absolute atomic E-state index is 13.1. The number of rotatable bonds is 7. The quantitative estimate of drug-likeness (QED) is 0.417. The fourth-order valence-electron chi connectivity index (χ4n) is 2.99. The van der Waals surface area contributed by atoms with Crippen LogP contribution in [-0.4, -0.2) is 30.5 Å². The molecule has 0 N–H and O–H groups in total. The first-order chi connectivity index (χ1) is 13.5. The Morgan fingerprint density at radius 2 is 2.11 bits per heavy atom. The van der Waals surface area contributed by atoms with Crippen molar-refractivity contribution in [2.45, 2.75) is 13.5 Å². The third-order valence-corrected chi connectivity index (χ3v) is 4.33. The van der Waals surface area contributed by atoms with Crippen molar-refractivity contribution in [3.63, 3.8) is 0 Å². The van der Waals surface area contributed by atoms with Crippen molar-refractivity contribution in [1.82, 2.24) is 4.90 Å². The molecule has 0 bridgehead atoms. The van der Waals surface area contributed by atoms with E-state index in [1.165, 1.54) is 12.0 Å². The number of hydrogen-bond acceptors (Lipinski definition) is 5. The van der Waals surface area contributed by atoms with Crippen molar-refractivity contribution < 1.29 is 23.5 Å². The zero-order valence-corrected chi connectivity index (χ0v) is 15.8. The molecular formula is C22H21NO5. The molecule has 0 saturated heterocycles. The molecule has 1 aliphatic heterocycles. The number of furan rings is 1. The van der Waals surface area contributed by atoms with Crippen molar-refractivity contribution in [2.75, 3.05) is 13.7 Å². The molecule has 28 heavy (non-hydrogen) atoms. The van der Waals surface area contributed by atoms with E-state index in [1.54, 1.807) is 43.5 Å². The first kappa shape index (κ1) is 19.2. The van der Waals surface area contributed by atoms with Gasteiger partial charge in [0, 0.05) is 5.70 Å². The summed E-state index contributed by atoms with van der Waals surface area (Å²) in [6.45, 7) is 5.96. The molecule has 144 valence electrons. The molecule has 2 aromatic rings. The molecule has 0 aliphatic carbocycles. The van der Waals surface area contributed by atoms with Crippen molar-refractivity contribution >= 4 is 18.0 Å². The van der Waals surface area contributed by atoms with Crippen molar-refractivity contribution in [2.24, 2.45) is 0 Å². The van der Waals surface area contributed by atoms with Gasteiger partial charge in [-0.3, -0.25) is 4.79 Å². The van der Waals surface area contributed by atoms with Gasteiger partial charge in [-0.05, 0) is 42.8 Å². The van der Waals surface area contributed by atoms with Gasteiger partial charge in [-0.15, -0.1) is 0 Å². The number of carbonyl (C=O) groups is 2. The molecule has 0 radical (unpaired) electrons. The van der Waals surface area contributed by atoms with Crippen LogP contribution in [0.5, 0.6) is 5.75 Å². The summed E-state index contributed by atoms with van der Waals surface area (Å²) in [4.78, 5) is 26.9. The first-order valence-electron chi connectivity index (χ1n) is 8.74. The van der Waals surface area contributed by atoms with Crippen LogP contribution in [0.15, 0.2) is 76.6 Å². The van der Waals surface area contributed by atoms with Crippen LogP contribution in [0.25, 0.3) is 6.08 Å². The average molecular weight is 379 g/mol. The molecule has 1 amide bonds. The van der Waals surface area contributed by atoms with Gasteiger partial charge in [-0.2, -0.15) is 0 Å². The molecular weight excluding hydrogens is 358 g/mol. The monoisotopic (exact) mass is 379 g/mol. The SMILES string of the molecule is C=CCOc1cccc(/C=C2\C(=O)N(Cc3ccco3)C(C)=C2C(=O)OC)c1. The molecule has 3 rings (SSSR count). The van der Waals surface area contributed by atoms with Gasteiger partial charge in [-0.1, -0.05) is 24.8 Å². The van der Waals surface area contributed by atoms with Gasteiger partial charge in [0.05, 0.1) is 31.1 Å². The highest BCUT2D eigenvalue weighted by molar-refractivity contribution is 6.16. The van der Waals surface area contributed by atoms with Crippen LogP contribution < -0.4 is 4.74 Å². The summed E-state index contributed by atoms with van der Waals surface area (Å²) >= 11 is 0. The highest BCUT2D eigenvalue weighted by atomic mass is 16.5. The third-order valence-electron chi connectivity index (χ3n) is 4.33. The Bertz CT molecular complexity index is 953. The van der Waals surface area contributed by atoms with Crippen LogP contribution in [0.2, 0.25) is 0 Å². The van der Waals surface area contributed by atoms with Crippen molar-refractivity contribution in [3.05, 3.63) is 83.5 Å². The number of benzene rings is 1. The molecule has 0 saturated carbocycles. The van der Waals surface area contributed by atoms with E-state index >= 15 is 0 Å². The van der Waals surface area contributed by atoms with Gasteiger partial charge in [-0.25, -0.2) is 4.79 Å². The summed E-state index contributed by atoms with van der Waals surface area (Å²) in [5, 5.41) is 0. The van der Waals surface area contributed by atoms with Crippen LogP contribution in [0.3, 0.4) is 0 Å². The second kappa shape index (κ2) is 8.43. The maximum atomic E-state index is 13.1. The standard InChI is InChI=1S/C22H21NO5/c1-4-10-27-17-8-5-7-16(12-17)13-19-20(22(25)26-3)15(2)23(21(19)24)14-18-9-6-11-28-18/h4-9,11-13H,1,10,14H2,2-3H3/b19-13-. The fourth-order valence-corrected chi connectivity index (χ4v) is 2.99. The molecule has 1 aromatic heterocycles. The van der Waals surface area contributed by atoms with Gasteiger partial charge in [0.2, 0.25) is 0 Å². The number of allylic oxidation sites excluding steroid dienone is 1. The van der Waals surface area contributed by atoms with E-state index in [4.69, 9.17) is 13.9 Å². The summed E-state index contributed by atoms with van der Waals surface area (Å²) in [5.74, 6) is 0.426. The third kappa shape index (κ3) is 3.91. The zero-order chi connectivity index (χ0) is 20.1. The maximum Gasteiger partial charge on any atom is 0.340 e. The van der Waals surface area contributed by atoms with E-state index in [2.05, 4.69) is 6.58 Å². The minimum atomic E-state index is -0.557. The van der Waals surface area contributed by atoms with Crippen molar-refractivity contribution in [3.8, 4) is 5.75 Å². The summed E-state index contributed by atoms with van der Waals surface area (Å²) < 4.78 is 15.8. The summed E-state index contributed by atoms with van der Waals surface area (Å²) in [6, 6.07) is 10.8. The average Bonchev–Trinajstić information content (AvgIpc) is 3.29. The van der Waals surface area contributed by atoms with E-state index in [1.807, 2.05) is 18.2 Å². The number of esters is 1.